The predicted molar refractivity (Wildman–Crippen MR) is 103 cm³/mol. The zero-order valence-corrected chi connectivity index (χ0v) is 16.4. The van der Waals surface area contributed by atoms with E-state index < -0.39 is 5.60 Å². The van der Waals surface area contributed by atoms with Gasteiger partial charge in [-0.1, -0.05) is 19.1 Å². The van der Waals surface area contributed by atoms with Crippen molar-refractivity contribution in [2.45, 2.75) is 45.3 Å². The molecule has 0 spiro atoms. The van der Waals surface area contributed by atoms with Gasteiger partial charge in [0.05, 0.1) is 12.1 Å². The van der Waals surface area contributed by atoms with Gasteiger partial charge in [-0.15, -0.1) is 24.0 Å². The van der Waals surface area contributed by atoms with Gasteiger partial charge >= 0.3 is 0 Å². The highest BCUT2D eigenvalue weighted by Gasteiger charge is 2.29. The molecule has 2 aliphatic rings. The third-order valence-corrected chi connectivity index (χ3v) is 4.49. The smallest absolute Gasteiger partial charge is 0.194 e. The molecule has 0 aromatic heterocycles. The molecule has 2 heterocycles. The third kappa shape index (κ3) is 5.38. The van der Waals surface area contributed by atoms with Gasteiger partial charge in [-0.3, -0.25) is 9.89 Å². The van der Waals surface area contributed by atoms with Crippen molar-refractivity contribution in [1.29, 1.82) is 0 Å². The Morgan fingerprint density at radius 3 is 2.64 bits per heavy atom. The van der Waals surface area contributed by atoms with Crippen LogP contribution in [0.3, 0.4) is 0 Å². The first-order valence-electron chi connectivity index (χ1n) is 8.20. The molecule has 6 heteroatoms. The Balaban J connectivity index is 0.00000242. The van der Waals surface area contributed by atoms with Gasteiger partial charge in [0.15, 0.2) is 5.96 Å². The maximum atomic E-state index is 10.1. The van der Waals surface area contributed by atoms with E-state index in [1.165, 1.54) is 6.42 Å². The number of rotatable bonds is 5. The number of nitrogens with one attached hydrogen (secondary N) is 1. The lowest BCUT2D eigenvalue weighted by Crippen LogP contribution is -2.43. The molecule has 0 bridgehead atoms. The number of nitrogens with zero attached hydrogens (tertiary/aromatic N) is 3. The number of likely N-dealkylation sites (tertiary alicyclic amines) is 1. The topological polar surface area (TPSA) is 51.1 Å². The monoisotopic (exact) mass is 422 g/mol. The number of hydrogen-bond acceptors (Lipinski definition) is 3. The van der Waals surface area contributed by atoms with Crippen LogP contribution in [-0.4, -0.2) is 71.8 Å². The van der Waals surface area contributed by atoms with Crippen LogP contribution in [0.1, 0.15) is 33.6 Å². The molecule has 0 amide bonds. The van der Waals surface area contributed by atoms with E-state index in [4.69, 9.17) is 0 Å². The number of halogens is 1. The zero-order chi connectivity index (χ0) is 15.3. The molecule has 2 atom stereocenters. The zero-order valence-electron chi connectivity index (χ0n) is 14.1. The van der Waals surface area contributed by atoms with Crippen molar-refractivity contribution in [3.8, 4) is 0 Å². The quantitative estimate of drug-likeness (QED) is 0.307. The van der Waals surface area contributed by atoms with Crippen molar-refractivity contribution in [1.82, 2.24) is 15.1 Å². The molecule has 0 aliphatic carbocycles. The van der Waals surface area contributed by atoms with Crippen LogP contribution >= 0.6 is 24.0 Å². The highest BCUT2D eigenvalue weighted by molar-refractivity contribution is 14.0. The van der Waals surface area contributed by atoms with Gasteiger partial charge in [-0.25, -0.2) is 0 Å². The summed E-state index contributed by atoms with van der Waals surface area (Å²) in [6.45, 7) is 11.5. The fraction of sp³-hybridized carbons (Fsp3) is 0.812. The minimum atomic E-state index is -0.710. The Kier molecular flexibility index (Phi) is 8.13. The molecule has 2 rings (SSSR count). The van der Waals surface area contributed by atoms with Gasteiger partial charge in [0.2, 0.25) is 0 Å². The molecule has 0 saturated carbocycles. The lowest BCUT2D eigenvalue weighted by molar-refractivity contribution is 0.0654. The van der Waals surface area contributed by atoms with Gasteiger partial charge in [0.1, 0.15) is 0 Å². The van der Waals surface area contributed by atoms with Crippen molar-refractivity contribution in [3.63, 3.8) is 0 Å². The molecule has 22 heavy (non-hydrogen) atoms. The lowest BCUT2D eigenvalue weighted by Gasteiger charge is -2.26. The summed E-state index contributed by atoms with van der Waals surface area (Å²) in [5, 5.41) is 13.5. The molecule has 1 saturated heterocycles. The highest BCUT2D eigenvalue weighted by atomic mass is 127. The molecule has 2 unspecified atom stereocenters. The van der Waals surface area contributed by atoms with Gasteiger partial charge in [0.25, 0.3) is 0 Å². The number of aliphatic hydroxyl groups is 1. The Morgan fingerprint density at radius 2 is 2.05 bits per heavy atom. The predicted octanol–water partition coefficient (Wildman–Crippen LogP) is 1.68. The Morgan fingerprint density at radius 1 is 1.36 bits per heavy atom. The van der Waals surface area contributed by atoms with Crippen LogP contribution in [0.15, 0.2) is 17.1 Å². The number of hydrogen-bond donors (Lipinski definition) is 2. The van der Waals surface area contributed by atoms with Crippen LogP contribution in [0.25, 0.3) is 0 Å². The first kappa shape index (κ1) is 19.7. The first-order chi connectivity index (χ1) is 10.1. The van der Waals surface area contributed by atoms with E-state index in [1.54, 1.807) is 0 Å². The average Bonchev–Trinajstić information content (AvgIpc) is 3.13. The second kappa shape index (κ2) is 9.08. The molecule has 1 fully saturated rings. The SMILES string of the molecule is CCNC(=NCC(C)(O)CC)N1CCC(N2CC=CC2)C1.I. The summed E-state index contributed by atoms with van der Waals surface area (Å²) in [4.78, 5) is 9.50. The highest BCUT2D eigenvalue weighted by Crippen LogP contribution is 2.18. The summed E-state index contributed by atoms with van der Waals surface area (Å²) >= 11 is 0. The maximum Gasteiger partial charge on any atom is 0.194 e. The van der Waals surface area contributed by atoms with Crippen LogP contribution in [0.5, 0.6) is 0 Å². The Hall–Kier alpha value is -0.340. The van der Waals surface area contributed by atoms with E-state index in [0.717, 1.165) is 45.1 Å². The van der Waals surface area contributed by atoms with Gasteiger partial charge < -0.3 is 15.3 Å². The van der Waals surface area contributed by atoms with Gasteiger partial charge in [-0.05, 0) is 26.7 Å². The molecular weight excluding hydrogens is 391 g/mol. The van der Waals surface area contributed by atoms with Crippen LogP contribution < -0.4 is 5.32 Å². The van der Waals surface area contributed by atoms with Crippen LogP contribution in [0.4, 0.5) is 0 Å². The second-order valence-electron chi connectivity index (χ2n) is 6.33. The van der Waals surface area contributed by atoms with Crippen LogP contribution in [-0.2, 0) is 0 Å². The maximum absolute atomic E-state index is 10.1. The van der Waals surface area contributed by atoms with Crippen molar-refractivity contribution < 1.29 is 5.11 Å². The number of aliphatic imine (C=N–C) groups is 1. The first-order valence-corrected chi connectivity index (χ1v) is 8.20. The normalized spacial score (nSPS) is 25.2. The molecule has 5 nitrogen and oxygen atoms in total. The summed E-state index contributed by atoms with van der Waals surface area (Å²) in [6.07, 6.45) is 6.41. The van der Waals surface area contributed by atoms with E-state index in [0.29, 0.717) is 12.6 Å². The fourth-order valence-corrected chi connectivity index (χ4v) is 2.81. The Labute approximate surface area is 151 Å². The van der Waals surface area contributed by atoms with Crippen molar-refractivity contribution in [3.05, 3.63) is 12.2 Å². The van der Waals surface area contributed by atoms with E-state index in [1.807, 2.05) is 13.8 Å². The molecular formula is C16H31IN4O. The summed E-state index contributed by atoms with van der Waals surface area (Å²) in [6, 6.07) is 0.621. The van der Waals surface area contributed by atoms with Crippen LogP contribution in [0.2, 0.25) is 0 Å². The van der Waals surface area contributed by atoms with Crippen LogP contribution in [0, 0.1) is 0 Å². The van der Waals surface area contributed by atoms with E-state index in [9.17, 15) is 5.11 Å². The largest absolute Gasteiger partial charge is 0.388 e. The molecule has 2 N–H and O–H groups in total. The lowest BCUT2D eigenvalue weighted by atomic mass is 10.1. The summed E-state index contributed by atoms with van der Waals surface area (Å²) in [7, 11) is 0. The fourth-order valence-electron chi connectivity index (χ4n) is 2.81. The van der Waals surface area contributed by atoms with Crippen molar-refractivity contribution >= 4 is 29.9 Å². The number of guanidine groups is 1. The second-order valence-corrected chi connectivity index (χ2v) is 6.33. The summed E-state index contributed by atoms with van der Waals surface area (Å²) in [5.74, 6) is 0.945. The minimum absolute atomic E-state index is 0. The van der Waals surface area contributed by atoms with Gasteiger partial charge in [0, 0.05) is 38.8 Å². The van der Waals surface area contributed by atoms with Gasteiger partial charge in [-0.2, -0.15) is 0 Å². The van der Waals surface area contributed by atoms with E-state index in [2.05, 4.69) is 39.2 Å². The van der Waals surface area contributed by atoms with E-state index in [-0.39, 0.29) is 24.0 Å². The minimum Gasteiger partial charge on any atom is -0.388 e. The molecule has 0 aromatic rings. The molecule has 128 valence electrons. The molecule has 0 aromatic carbocycles. The van der Waals surface area contributed by atoms with E-state index >= 15 is 0 Å². The molecule has 0 radical (unpaired) electrons. The summed E-state index contributed by atoms with van der Waals surface area (Å²) in [5.41, 5.74) is -0.710. The van der Waals surface area contributed by atoms with Crippen molar-refractivity contribution in [2.24, 2.45) is 4.99 Å². The average molecular weight is 422 g/mol. The van der Waals surface area contributed by atoms with Crippen molar-refractivity contribution in [2.75, 3.05) is 39.3 Å². The summed E-state index contributed by atoms with van der Waals surface area (Å²) < 4.78 is 0. The molecule has 2 aliphatic heterocycles. The standard InChI is InChI=1S/C16H30N4O.HI/c1-4-16(3,21)13-18-15(17-5-2)20-11-8-14(12-20)19-9-6-7-10-19;/h6-7,14,21H,4-5,8-13H2,1-3H3,(H,17,18);1H. The third-order valence-electron chi connectivity index (χ3n) is 4.49. The Bertz CT molecular complexity index is 390.